The Bertz CT molecular complexity index is 394. The molecular weight excluding hydrogens is 374 g/mol. The van der Waals surface area contributed by atoms with E-state index in [1.165, 1.54) is 0 Å². The van der Waals surface area contributed by atoms with Crippen molar-refractivity contribution in [2.45, 2.75) is 19.8 Å². The van der Waals surface area contributed by atoms with E-state index >= 15 is 0 Å². The third-order valence-corrected chi connectivity index (χ3v) is 5.33. The summed E-state index contributed by atoms with van der Waals surface area (Å²) in [5, 5.41) is 3.37. The molecule has 1 saturated heterocycles. The number of esters is 1. The summed E-state index contributed by atoms with van der Waals surface area (Å²) in [5.74, 6) is -0.200. The largest absolute Gasteiger partial charge is 0.465 e. The number of nitrogens with one attached hydrogen (secondary N) is 1. The monoisotopic (exact) mass is 406 g/mol. The Kier molecular flexibility index (Phi) is 14.1. The molecule has 0 aromatic heterocycles. The normalized spacial score (nSPS) is 19.9. The van der Waals surface area contributed by atoms with Crippen molar-refractivity contribution >= 4 is 22.9 Å². The Hall–Kier alpha value is -0.490. The first kappa shape index (κ1) is 23.5. The van der Waals surface area contributed by atoms with Gasteiger partial charge in [0.1, 0.15) is 0 Å². The van der Waals surface area contributed by atoms with Crippen LogP contribution in [0.3, 0.4) is 0 Å². The maximum atomic E-state index is 12.1. The van der Waals surface area contributed by atoms with E-state index in [-0.39, 0.29) is 29.4 Å². The highest BCUT2D eigenvalue weighted by Crippen LogP contribution is 2.04. The van der Waals surface area contributed by atoms with Crippen LogP contribution < -0.4 is 5.32 Å². The standard InChI is InChI=1S/C16H32N4O4P2/c1-2-3-12-24-16(21)13-18-8-10-19(14-25-22)6-4-17-5-7-20(11-9-18)15-26-23/h17H,2-15H2,1H3. The van der Waals surface area contributed by atoms with Crippen LogP contribution in [-0.4, -0.2) is 98.8 Å². The Balaban J connectivity index is 2.62. The molecule has 1 fully saturated rings. The van der Waals surface area contributed by atoms with E-state index in [4.69, 9.17) is 4.74 Å². The zero-order valence-electron chi connectivity index (χ0n) is 15.8. The van der Waals surface area contributed by atoms with Gasteiger partial charge in [-0.1, -0.05) is 13.3 Å². The topological polar surface area (TPSA) is 82.2 Å². The first-order valence-corrected chi connectivity index (χ1v) is 11.3. The van der Waals surface area contributed by atoms with E-state index in [9.17, 15) is 13.9 Å². The minimum Gasteiger partial charge on any atom is -0.465 e. The zero-order valence-corrected chi connectivity index (χ0v) is 17.6. The third kappa shape index (κ3) is 11.3. The lowest BCUT2D eigenvalue weighted by Crippen LogP contribution is -2.45. The van der Waals surface area contributed by atoms with Gasteiger partial charge in [0.25, 0.3) is 0 Å². The Morgan fingerprint density at radius 1 is 0.923 bits per heavy atom. The molecular formula is C16H32N4O4P2. The number of hydrogen-bond donors (Lipinski definition) is 1. The van der Waals surface area contributed by atoms with Crippen molar-refractivity contribution in [1.82, 2.24) is 20.0 Å². The summed E-state index contributed by atoms with van der Waals surface area (Å²) in [6.07, 6.45) is 2.87. The Morgan fingerprint density at radius 2 is 1.46 bits per heavy atom. The molecule has 1 rings (SSSR count). The van der Waals surface area contributed by atoms with Crippen LogP contribution in [0.4, 0.5) is 0 Å². The molecule has 0 atom stereocenters. The van der Waals surface area contributed by atoms with Gasteiger partial charge >= 0.3 is 5.97 Å². The molecule has 0 amide bonds. The quantitative estimate of drug-likeness (QED) is 0.349. The van der Waals surface area contributed by atoms with Crippen molar-refractivity contribution in [1.29, 1.82) is 0 Å². The second-order valence-electron chi connectivity index (χ2n) is 6.38. The molecule has 150 valence electrons. The minimum atomic E-state index is -0.200. The molecule has 0 unspecified atom stereocenters. The fourth-order valence-corrected chi connectivity index (χ4v) is 3.56. The predicted molar refractivity (Wildman–Crippen MR) is 103 cm³/mol. The Morgan fingerprint density at radius 3 is 1.96 bits per heavy atom. The minimum absolute atomic E-state index is 0.115. The SMILES string of the molecule is CCCCOC(=O)CN1CCN(CP=O)CCNCCN(CP=O)CC1. The van der Waals surface area contributed by atoms with E-state index in [1.807, 2.05) is 0 Å². The molecule has 1 N–H and O–H groups in total. The van der Waals surface area contributed by atoms with Crippen molar-refractivity contribution < 1.29 is 18.7 Å². The molecule has 8 nitrogen and oxygen atoms in total. The maximum absolute atomic E-state index is 12.1. The molecule has 0 aliphatic carbocycles. The highest BCUT2D eigenvalue weighted by Gasteiger charge is 2.16. The summed E-state index contributed by atoms with van der Waals surface area (Å²) in [4.78, 5) is 18.4. The van der Waals surface area contributed by atoms with Crippen LogP contribution in [0.15, 0.2) is 0 Å². The molecule has 1 aliphatic rings. The zero-order chi connectivity index (χ0) is 19.0. The third-order valence-electron chi connectivity index (χ3n) is 4.30. The van der Waals surface area contributed by atoms with Gasteiger partial charge in [-0.05, 0) is 6.42 Å². The van der Waals surface area contributed by atoms with Crippen molar-refractivity contribution in [2.75, 3.05) is 78.1 Å². The van der Waals surface area contributed by atoms with Gasteiger partial charge in [0, 0.05) is 52.4 Å². The highest BCUT2D eigenvalue weighted by molar-refractivity contribution is 7.23. The number of carbonyl (C=O) groups is 1. The van der Waals surface area contributed by atoms with Crippen molar-refractivity contribution in [3.05, 3.63) is 0 Å². The van der Waals surface area contributed by atoms with Gasteiger partial charge in [-0.2, -0.15) is 0 Å². The lowest BCUT2D eigenvalue weighted by Gasteiger charge is -2.29. The summed E-state index contributed by atoms with van der Waals surface area (Å²) >= 11 is 0. The van der Waals surface area contributed by atoms with E-state index in [2.05, 4.69) is 26.9 Å². The molecule has 0 radical (unpaired) electrons. The van der Waals surface area contributed by atoms with Crippen molar-refractivity contribution in [2.24, 2.45) is 0 Å². The van der Waals surface area contributed by atoms with E-state index < -0.39 is 0 Å². The number of carbonyl (C=O) groups excluding carboxylic acids is 1. The van der Waals surface area contributed by atoms with Crippen molar-refractivity contribution in [3.63, 3.8) is 0 Å². The summed E-state index contributed by atoms with van der Waals surface area (Å²) in [5.41, 5.74) is 0. The molecule has 0 bridgehead atoms. The van der Waals surface area contributed by atoms with Gasteiger partial charge in [0.15, 0.2) is 16.9 Å². The lowest BCUT2D eigenvalue weighted by molar-refractivity contribution is -0.145. The number of ether oxygens (including phenoxy) is 1. The van der Waals surface area contributed by atoms with Crippen LogP contribution in [0.25, 0.3) is 0 Å². The molecule has 1 aliphatic heterocycles. The van der Waals surface area contributed by atoms with Crippen molar-refractivity contribution in [3.8, 4) is 0 Å². The second kappa shape index (κ2) is 15.6. The number of nitrogens with zero attached hydrogens (tertiary/aromatic N) is 3. The van der Waals surface area contributed by atoms with Crippen LogP contribution in [-0.2, 0) is 18.7 Å². The molecule has 1 heterocycles. The Labute approximate surface area is 160 Å². The van der Waals surface area contributed by atoms with Gasteiger partial charge in [-0.25, -0.2) is 0 Å². The van der Waals surface area contributed by atoms with Crippen LogP contribution in [0.5, 0.6) is 0 Å². The molecule has 0 aromatic carbocycles. The van der Waals surface area contributed by atoms with Crippen LogP contribution in [0.1, 0.15) is 19.8 Å². The van der Waals surface area contributed by atoms with Gasteiger partial charge in [0.2, 0.25) is 0 Å². The van der Waals surface area contributed by atoms with Crippen LogP contribution in [0.2, 0.25) is 0 Å². The summed E-state index contributed by atoms with van der Waals surface area (Å²) in [6, 6.07) is 0. The molecule has 0 saturated carbocycles. The van der Waals surface area contributed by atoms with E-state index in [0.29, 0.717) is 32.3 Å². The molecule has 10 heteroatoms. The lowest BCUT2D eigenvalue weighted by atomic mass is 10.3. The summed E-state index contributed by atoms with van der Waals surface area (Å²) < 4.78 is 27.2. The molecule has 26 heavy (non-hydrogen) atoms. The smallest absolute Gasteiger partial charge is 0.320 e. The molecule has 0 spiro atoms. The summed E-state index contributed by atoms with van der Waals surface area (Å²) in [6.45, 7) is 8.96. The average Bonchev–Trinajstić information content (AvgIpc) is 2.62. The first-order chi connectivity index (χ1) is 12.7. The highest BCUT2D eigenvalue weighted by atomic mass is 31.1. The fraction of sp³-hybridized carbons (Fsp3) is 0.938. The first-order valence-electron chi connectivity index (χ1n) is 9.31. The fourth-order valence-electron chi connectivity index (χ4n) is 2.66. The van der Waals surface area contributed by atoms with Gasteiger partial charge in [-0.15, -0.1) is 0 Å². The van der Waals surface area contributed by atoms with E-state index in [0.717, 1.165) is 52.1 Å². The second-order valence-corrected chi connectivity index (χ2v) is 7.46. The van der Waals surface area contributed by atoms with Gasteiger partial charge < -0.3 is 10.1 Å². The van der Waals surface area contributed by atoms with E-state index in [1.54, 1.807) is 0 Å². The number of unbranched alkanes of at least 4 members (excludes halogenated alkanes) is 1. The predicted octanol–water partition coefficient (Wildman–Crippen LogP) is 1.34. The van der Waals surface area contributed by atoms with Gasteiger partial charge in [-0.3, -0.25) is 28.6 Å². The number of hydrogen-bond acceptors (Lipinski definition) is 8. The van der Waals surface area contributed by atoms with Gasteiger partial charge in [0.05, 0.1) is 25.7 Å². The summed E-state index contributed by atoms with van der Waals surface area (Å²) in [7, 11) is 0.229. The number of rotatable bonds is 9. The average molecular weight is 406 g/mol. The van der Waals surface area contributed by atoms with Crippen LogP contribution in [0, 0.1) is 0 Å². The maximum Gasteiger partial charge on any atom is 0.320 e. The van der Waals surface area contributed by atoms with Crippen LogP contribution >= 0.6 is 16.9 Å². The molecule has 0 aromatic rings.